The molecule has 2 saturated heterocycles. The average Bonchev–Trinajstić information content (AvgIpc) is 3.59. The van der Waals surface area contributed by atoms with Gasteiger partial charge in [0.25, 0.3) is 5.91 Å². The quantitative estimate of drug-likeness (QED) is 0.379. The Bertz CT molecular complexity index is 1520. The Morgan fingerprint density at radius 3 is 2.44 bits per heavy atom. The van der Waals surface area contributed by atoms with Gasteiger partial charge in [0, 0.05) is 51.7 Å². The molecule has 2 aromatic carbocycles. The largest absolute Gasteiger partial charge is 0.326 e. The Labute approximate surface area is 243 Å². The smallest absolute Gasteiger partial charge is 0.250 e. The van der Waals surface area contributed by atoms with Gasteiger partial charge in [-0.25, -0.2) is 0 Å². The van der Waals surface area contributed by atoms with Crippen LogP contribution < -0.4 is 16.0 Å². The van der Waals surface area contributed by atoms with Gasteiger partial charge < -0.3 is 16.0 Å². The zero-order valence-corrected chi connectivity index (χ0v) is 23.5. The van der Waals surface area contributed by atoms with E-state index in [-0.39, 0.29) is 5.02 Å². The highest BCUT2D eigenvalue weighted by Crippen LogP contribution is 2.59. The molecule has 4 heterocycles. The molecule has 1 unspecified atom stereocenters. The third-order valence-corrected chi connectivity index (χ3v) is 8.66. The Morgan fingerprint density at radius 2 is 1.74 bits per heavy atom. The topological polar surface area (TPSA) is 108 Å². The first kappa shape index (κ1) is 26.4. The van der Waals surface area contributed by atoms with Gasteiger partial charge >= 0.3 is 0 Å². The molecule has 2 fully saturated rings. The summed E-state index contributed by atoms with van der Waals surface area (Å²) in [5.74, 6) is -3.15. The second-order valence-corrected chi connectivity index (χ2v) is 11.7. The molecule has 3 aliphatic heterocycles. The molecule has 202 valence electrons. The Kier molecular flexibility index (Phi) is 6.55. The van der Waals surface area contributed by atoms with Crippen molar-refractivity contribution in [3.63, 3.8) is 0 Å². The predicted octanol–water partition coefficient (Wildman–Crippen LogP) is 5.17. The second kappa shape index (κ2) is 9.67. The maximum atomic E-state index is 14.2. The number of rotatable bonds is 4. The minimum Gasteiger partial charge on any atom is -0.326 e. The molecule has 3 aliphatic rings. The van der Waals surface area contributed by atoms with Crippen LogP contribution in [0.2, 0.25) is 20.1 Å². The van der Waals surface area contributed by atoms with E-state index in [9.17, 15) is 14.4 Å². The molecule has 4 atom stereocenters. The van der Waals surface area contributed by atoms with Crippen molar-refractivity contribution in [2.45, 2.75) is 24.4 Å². The number of benzene rings is 2. The monoisotopic (exact) mass is 606 g/mol. The fourth-order valence-electron chi connectivity index (χ4n) is 6.41. The Morgan fingerprint density at radius 1 is 1.03 bits per heavy atom. The van der Waals surface area contributed by atoms with Gasteiger partial charge in [-0.2, -0.15) is 5.10 Å². The minimum absolute atomic E-state index is 0.254. The fraction of sp³-hybridized carbons (Fsp3) is 0.308. The van der Waals surface area contributed by atoms with Crippen LogP contribution in [0.25, 0.3) is 0 Å². The molecule has 6 rings (SSSR count). The van der Waals surface area contributed by atoms with Crippen LogP contribution in [0.1, 0.15) is 18.4 Å². The van der Waals surface area contributed by atoms with Gasteiger partial charge in [0.15, 0.2) is 5.82 Å². The van der Waals surface area contributed by atoms with Crippen LogP contribution >= 0.6 is 46.4 Å². The van der Waals surface area contributed by atoms with Crippen molar-refractivity contribution in [2.24, 2.45) is 18.9 Å². The number of fused-ring (bicyclic) bond motifs is 4. The maximum Gasteiger partial charge on any atom is 0.250 e. The number of hydrogen-bond donors (Lipinski definition) is 3. The summed E-state index contributed by atoms with van der Waals surface area (Å²) < 4.78 is 1.54. The van der Waals surface area contributed by atoms with Crippen molar-refractivity contribution in [2.75, 3.05) is 22.5 Å². The summed E-state index contributed by atoms with van der Waals surface area (Å²) in [6.45, 7) is 0.502. The molecule has 3 aromatic rings. The number of carbonyl (C=O) groups excluding carboxylic acids is 3. The highest BCUT2D eigenvalue weighted by Gasteiger charge is 2.71. The SMILES string of the molecule is Cn1ccc(NC(=O)[C@H]2[C@@H](C(=O)Nc3cc(Cl)cc(Cl)c3)[C@H]3CCCN3C23C(=O)Nc2c(Cl)cc(Cl)cc23)n1. The molecule has 3 N–H and O–H groups in total. The minimum atomic E-state index is -1.52. The number of nitrogens with one attached hydrogen (secondary N) is 3. The Hall–Kier alpha value is -2.82. The molecule has 0 bridgehead atoms. The van der Waals surface area contributed by atoms with Crippen molar-refractivity contribution < 1.29 is 14.4 Å². The number of aromatic nitrogens is 2. The normalized spacial score (nSPS) is 25.5. The maximum absolute atomic E-state index is 14.2. The van der Waals surface area contributed by atoms with Gasteiger partial charge in [-0.1, -0.05) is 46.4 Å². The molecule has 1 spiro atoms. The van der Waals surface area contributed by atoms with Gasteiger partial charge in [-0.05, 0) is 49.7 Å². The number of anilines is 3. The van der Waals surface area contributed by atoms with Crippen LogP contribution in [0.15, 0.2) is 42.6 Å². The highest BCUT2D eigenvalue weighted by molar-refractivity contribution is 6.38. The molecule has 13 heteroatoms. The average molecular weight is 608 g/mol. The molecular weight excluding hydrogens is 586 g/mol. The van der Waals surface area contributed by atoms with E-state index in [1.165, 1.54) is 6.07 Å². The summed E-state index contributed by atoms with van der Waals surface area (Å²) in [5, 5.41) is 14.1. The molecular formula is C26H22Cl4N6O3. The van der Waals surface area contributed by atoms with E-state index in [2.05, 4.69) is 21.0 Å². The molecule has 0 aliphatic carbocycles. The Balaban J connectivity index is 1.50. The number of nitrogens with zero attached hydrogens (tertiary/aromatic N) is 3. The summed E-state index contributed by atoms with van der Waals surface area (Å²) in [7, 11) is 1.72. The number of halogens is 4. The van der Waals surface area contributed by atoms with Crippen LogP contribution in [0, 0.1) is 11.8 Å². The van der Waals surface area contributed by atoms with E-state index in [1.807, 2.05) is 4.90 Å². The summed E-state index contributed by atoms with van der Waals surface area (Å²) >= 11 is 25.2. The van der Waals surface area contributed by atoms with Crippen LogP contribution in [0.4, 0.5) is 17.2 Å². The van der Waals surface area contributed by atoms with E-state index in [0.29, 0.717) is 50.8 Å². The molecule has 39 heavy (non-hydrogen) atoms. The van der Waals surface area contributed by atoms with Gasteiger partial charge in [0.1, 0.15) is 5.54 Å². The lowest BCUT2D eigenvalue weighted by atomic mass is 9.73. The van der Waals surface area contributed by atoms with Crippen LogP contribution in [-0.2, 0) is 27.0 Å². The fourth-order valence-corrected chi connectivity index (χ4v) is 7.47. The van der Waals surface area contributed by atoms with Crippen molar-refractivity contribution in [1.29, 1.82) is 0 Å². The van der Waals surface area contributed by atoms with Crippen LogP contribution in [0.3, 0.4) is 0 Å². The summed E-state index contributed by atoms with van der Waals surface area (Å²) in [4.78, 5) is 44.2. The first-order valence-corrected chi connectivity index (χ1v) is 13.8. The van der Waals surface area contributed by atoms with Crippen molar-refractivity contribution in [3.8, 4) is 0 Å². The highest BCUT2D eigenvalue weighted by atomic mass is 35.5. The summed E-state index contributed by atoms with van der Waals surface area (Å²) in [6, 6.07) is 9.11. The van der Waals surface area contributed by atoms with E-state index in [0.717, 1.165) is 6.42 Å². The van der Waals surface area contributed by atoms with Crippen molar-refractivity contribution >= 4 is 81.3 Å². The predicted molar refractivity (Wildman–Crippen MR) is 150 cm³/mol. The van der Waals surface area contributed by atoms with E-state index < -0.39 is 41.1 Å². The lowest BCUT2D eigenvalue weighted by Crippen LogP contribution is -2.54. The third kappa shape index (κ3) is 4.19. The van der Waals surface area contributed by atoms with Gasteiger partial charge in [-0.15, -0.1) is 0 Å². The summed E-state index contributed by atoms with van der Waals surface area (Å²) in [5.41, 5.74) is -0.277. The lowest BCUT2D eigenvalue weighted by Gasteiger charge is -2.36. The van der Waals surface area contributed by atoms with E-state index >= 15 is 0 Å². The molecule has 0 saturated carbocycles. The summed E-state index contributed by atoms with van der Waals surface area (Å²) in [6.07, 6.45) is 3.04. The third-order valence-electron chi connectivity index (χ3n) is 7.71. The van der Waals surface area contributed by atoms with Crippen LogP contribution in [-0.4, -0.2) is 45.0 Å². The van der Waals surface area contributed by atoms with E-state index in [4.69, 9.17) is 46.4 Å². The van der Waals surface area contributed by atoms with Crippen LogP contribution in [0.5, 0.6) is 0 Å². The molecule has 9 nitrogen and oxygen atoms in total. The standard InChI is InChI=1S/C26H22Cl4N6O3/c1-35-6-4-19(34-35)32-24(38)21-20(23(37)31-15-8-12(27)7-13(28)9-15)18-3-2-5-36(18)26(21)16-10-14(29)11-17(30)22(16)33-25(26)39/h4,6-11,18,20-21H,2-3,5H2,1H3,(H,31,37)(H,33,39)(H,32,34,38)/t18-,20+,21-,26?/m1/s1. The zero-order chi connectivity index (χ0) is 27.6. The second-order valence-electron chi connectivity index (χ2n) is 9.95. The van der Waals surface area contributed by atoms with Gasteiger partial charge in [0.05, 0.1) is 22.5 Å². The first-order chi connectivity index (χ1) is 18.6. The van der Waals surface area contributed by atoms with Gasteiger partial charge in [-0.3, -0.25) is 24.0 Å². The number of aryl methyl sites for hydroxylation is 1. The molecule has 0 radical (unpaired) electrons. The number of amides is 3. The molecule has 1 aromatic heterocycles. The number of carbonyl (C=O) groups is 3. The lowest BCUT2D eigenvalue weighted by molar-refractivity contribution is -0.137. The van der Waals surface area contributed by atoms with E-state index in [1.54, 1.807) is 48.3 Å². The van der Waals surface area contributed by atoms with Crippen molar-refractivity contribution in [1.82, 2.24) is 14.7 Å². The zero-order valence-electron chi connectivity index (χ0n) is 20.5. The molecule has 3 amide bonds. The number of hydrogen-bond acceptors (Lipinski definition) is 5. The first-order valence-electron chi connectivity index (χ1n) is 12.2. The van der Waals surface area contributed by atoms with Gasteiger partial charge in [0.2, 0.25) is 11.8 Å². The van der Waals surface area contributed by atoms with Crippen molar-refractivity contribution in [3.05, 3.63) is 68.2 Å².